The van der Waals surface area contributed by atoms with Gasteiger partial charge in [-0.2, -0.15) is 0 Å². The number of pyridine rings is 1. The van der Waals surface area contributed by atoms with Crippen LogP contribution in [-0.2, 0) is 13.9 Å². The first-order chi connectivity index (χ1) is 18.1. The highest BCUT2D eigenvalue weighted by molar-refractivity contribution is 9.10. The first-order valence-corrected chi connectivity index (χ1v) is 15.5. The van der Waals surface area contributed by atoms with Crippen molar-refractivity contribution in [1.29, 1.82) is 0 Å². The van der Waals surface area contributed by atoms with Crippen molar-refractivity contribution in [3.05, 3.63) is 95.2 Å². The smallest absolute Gasteiger partial charge is 0.261 e. The van der Waals surface area contributed by atoms with Gasteiger partial charge in [0.2, 0.25) is 0 Å². The molecule has 3 rings (SSSR count). The number of hydrogen-bond donors (Lipinski definition) is 0. The second kappa shape index (κ2) is 12.7. The van der Waals surface area contributed by atoms with Crippen molar-refractivity contribution in [2.45, 2.75) is 50.9 Å². The van der Waals surface area contributed by atoms with E-state index in [2.05, 4.69) is 96.8 Å². The van der Waals surface area contributed by atoms with Crippen LogP contribution in [0, 0.1) is 6.92 Å². The van der Waals surface area contributed by atoms with Crippen molar-refractivity contribution in [2.75, 3.05) is 27.9 Å². The third-order valence-corrected chi connectivity index (χ3v) is 13.2. The minimum Gasteiger partial charge on any atom is -0.494 e. The minimum absolute atomic E-state index is 0.131. The molecule has 0 aliphatic carbocycles. The largest absolute Gasteiger partial charge is 0.494 e. The Bertz CT molecular complexity index is 1160. The Balaban J connectivity index is 2.05. The van der Waals surface area contributed by atoms with Gasteiger partial charge >= 0.3 is 0 Å². The summed E-state index contributed by atoms with van der Waals surface area (Å²) in [7, 11) is 2.26. The second-order valence-electron chi connectivity index (χ2n) is 10.4. The molecule has 0 N–H and O–H groups in total. The topological polar surface area (TPSA) is 49.8 Å². The zero-order chi connectivity index (χ0) is 28.0. The van der Waals surface area contributed by atoms with E-state index in [-0.39, 0.29) is 5.04 Å². The Hall–Kier alpha value is -2.29. The predicted octanol–water partition coefficient (Wildman–Crippen LogP) is 6.39. The van der Waals surface area contributed by atoms with Crippen molar-refractivity contribution in [1.82, 2.24) is 4.98 Å². The van der Waals surface area contributed by atoms with Gasteiger partial charge in [-0.05, 0) is 38.3 Å². The summed E-state index contributed by atoms with van der Waals surface area (Å²) in [4.78, 5) is 4.68. The summed E-state index contributed by atoms with van der Waals surface area (Å²) in [5.41, 5.74) is 0.695. The molecule has 3 aromatic rings. The van der Waals surface area contributed by atoms with Crippen LogP contribution in [0.1, 0.15) is 44.6 Å². The van der Waals surface area contributed by atoms with Crippen LogP contribution in [0.25, 0.3) is 0 Å². The molecule has 0 fully saturated rings. The number of aromatic nitrogens is 1. The van der Waals surface area contributed by atoms with Crippen LogP contribution in [0.4, 0.5) is 0 Å². The minimum atomic E-state index is -2.71. The van der Waals surface area contributed by atoms with Crippen LogP contribution in [0.5, 0.6) is 5.75 Å². The van der Waals surface area contributed by atoms with Crippen molar-refractivity contribution < 1.29 is 18.6 Å². The van der Waals surface area contributed by atoms with Crippen LogP contribution in [0.15, 0.2) is 84.0 Å². The SMILES string of the molecule is C=CC(CCO[Si](c1ccccc1)(c1ccccc1)C(C)(C)C)(OC)C(OC)c1ncc(Br)c(C)c1OC. The highest BCUT2D eigenvalue weighted by Gasteiger charge is 2.51. The highest BCUT2D eigenvalue weighted by atomic mass is 79.9. The molecule has 5 nitrogen and oxygen atoms in total. The molecule has 2 atom stereocenters. The first kappa shape index (κ1) is 30.3. The Morgan fingerprint density at radius 3 is 1.95 bits per heavy atom. The molecule has 0 radical (unpaired) electrons. The third-order valence-electron chi connectivity index (χ3n) is 7.33. The fourth-order valence-corrected chi connectivity index (χ4v) is 10.2. The van der Waals surface area contributed by atoms with Crippen molar-refractivity contribution in [2.24, 2.45) is 0 Å². The van der Waals surface area contributed by atoms with Gasteiger partial charge < -0.3 is 18.6 Å². The maximum absolute atomic E-state index is 7.15. The Kier molecular flexibility index (Phi) is 10.1. The molecular formula is C31H40BrNO4Si. The summed E-state index contributed by atoms with van der Waals surface area (Å²) in [6.07, 6.45) is 3.51. The summed E-state index contributed by atoms with van der Waals surface area (Å²) >= 11 is 3.55. The van der Waals surface area contributed by atoms with Gasteiger partial charge in [-0.15, -0.1) is 6.58 Å². The standard InChI is InChI=1S/C31H40BrNO4Si/c1-9-31(36-8,29(35-7)27-28(34-6)23(2)26(32)22-33-27)20-21-37-38(30(3,4)5,24-16-12-10-13-17-24)25-18-14-11-15-19-25/h9-19,22,29H,1,20-21H2,2-8H3. The second-order valence-corrected chi connectivity index (χ2v) is 15.6. The van der Waals surface area contributed by atoms with E-state index >= 15 is 0 Å². The Morgan fingerprint density at radius 2 is 1.53 bits per heavy atom. The highest BCUT2D eigenvalue weighted by Crippen LogP contribution is 2.42. The van der Waals surface area contributed by atoms with Gasteiger partial charge in [-0.1, -0.05) is 87.5 Å². The summed E-state index contributed by atoms with van der Waals surface area (Å²) < 4.78 is 26.0. The maximum Gasteiger partial charge on any atom is 0.261 e. The number of ether oxygens (including phenoxy) is 3. The van der Waals surface area contributed by atoms with Gasteiger partial charge in [0.15, 0.2) is 0 Å². The molecule has 204 valence electrons. The molecule has 0 saturated carbocycles. The lowest BCUT2D eigenvalue weighted by atomic mass is 9.89. The predicted molar refractivity (Wildman–Crippen MR) is 161 cm³/mol. The molecule has 0 spiro atoms. The van der Waals surface area contributed by atoms with E-state index in [4.69, 9.17) is 18.6 Å². The van der Waals surface area contributed by atoms with Crippen LogP contribution in [0.3, 0.4) is 0 Å². The van der Waals surface area contributed by atoms with E-state index in [0.29, 0.717) is 24.5 Å². The van der Waals surface area contributed by atoms with Gasteiger partial charge in [-0.3, -0.25) is 4.98 Å². The molecule has 7 heteroatoms. The quantitative estimate of drug-likeness (QED) is 0.179. The summed E-state index contributed by atoms with van der Waals surface area (Å²) in [6.45, 7) is 13.4. The van der Waals surface area contributed by atoms with Gasteiger partial charge in [0.25, 0.3) is 8.32 Å². The van der Waals surface area contributed by atoms with Gasteiger partial charge in [-0.25, -0.2) is 0 Å². The molecule has 2 unspecified atom stereocenters. The lowest BCUT2D eigenvalue weighted by molar-refractivity contribution is -0.101. The molecule has 1 aromatic heterocycles. The van der Waals surface area contributed by atoms with Crippen LogP contribution in [-0.4, -0.2) is 46.8 Å². The lowest BCUT2D eigenvalue weighted by Gasteiger charge is -2.44. The van der Waals surface area contributed by atoms with E-state index in [1.54, 1.807) is 33.6 Å². The molecule has 38 heavy (non-hydrogen) atoms. The monoisotopic (exact) mass is 597 g/mol. The maximum atomic E-state index is 7.15. The number of nitrogens with zero attached hydrogens (tertiary/aromatic N) is 1. The fraction of sp³-hybridized carbons (Fsp3) is 0.387. The molecule has 2 aromatic carbocycles. The number of benzene rings is 2. The third kappa shape index (κ3) is 5.68. The van der Waals surface area contributed by atoms with E-state index in [1.807, 2.05) is 19.1 Å². The fourth-order valence-electron chi connectivity index (χ4n) is 5.33. The van der Waals surface area contributed by atoms with Crippen molar-refractivity contribution in [3.8, 4) is 5.75 Å². The molecule has 0 aliphatic rings. The van der Waals surface area contributed by atoms with Gasteiger partial charge in [0.1, 0.15) is 23.1 Å². The molecule has 0 aliphatic heterocycles. The van der Waals surface area contributed by atoms with E-state index in [9.17, 15) is 0 Å². The molecule has 1 heterocycles. The Morgan fingerprint density at radius 1 is 0.974 bits per heavy atom. The van der Waals surface area contributed by atoms with Crippen molar-refractivity contribution >= 4 is 34.6 Å². The number of hydrogen-bond acceptors (Lipinski definition) is 5. The first-order valence-electron chi connectivity index (χ1n) is 12.8. The number of methoxy groups -OCH3 is 3. The normalized spacial score (nSPS) is 14.5. The average molecular weight is 599 g/mol. The van der Waals surface area contributed by atoms with Crippen LogP contribution >= 0.6 is 15.9 Å². The zero-order valence-corrected chi connectivity index (χ0v) is 26.2. The van der Waals surface area contributed by atoms with Gasteiger partial charge in [0, 0.05) is 43.5 Å². The average Bonchev–Trinajstić information content (AvgIpc) is 2.92. The lowest BCUT2D eigenvalue weighted by Crippen LogP contribution is -2.66. The molecular weight excluding hydrogens is 558 g/mol. The van der Waals surface area contributed by atoms with Gasteiger partial charge in [0.05, 0.1) is 7.11 Å². The number of halogens is 1. The molecule has 0 amide bonds. The molecule has 0 bridgehead atoms. The summed E-state index contributed by atoms with van der Waals surface area (Å²) in [5, 5.41) is 2.33. The van der Waals surface area contributed by atoms with E-state index in [1.165, 1.54) is 10.4 Å². The number of rotatable bonds is 12. The van der Waals surface area contributed by atoms with E-state index in [0.717, 1.165) is 10.0 Å². The van der Waals surface area contributed by atoms with Crippen molar-refractivity contribution in [3.63, 3.8) is 0 Å². The Labute approximate surface area is 237 Å². The van der Waals surface area contributed by atoms with Crippen LogP contribution < -0.4 is 15.1 Å². The zero-order valence-electron chi connectivity index (χ0n) is 23.6. The van der Waals surface area contributed by atoms with Crippen LogP contribution in [0.2, 0.25) is 5.04 Å². The molecule has 0 saturated heterocycles. The summed E-state index contributed by atoms with van der Waals surface area (Å²) in [5.74, 6) is 0.655. The van der Waals surface area contributed by atoms with E-state index < -0.39 is 20.0 Å². The summed E-state index contributed by atoms with van der Waals surface area (Å²) in [6, 6.07) is 21.2.